The van der Waals surface area contributed by atoms with E-state index in [-0.39, 0.29) is 21.6 Å². The van der Waals surface area contributed by atoms with E-state index in [9.17, 15) is 10.5 Å². The number of benzene rings is 1. The Morgan fingerprint density at radius 3 is 2.07 bits per heavy atom. The molecule has 1 aliphatic rings. The van der Waals surface area contributed by atoms with Crippen LogP contribution in [0, 0.1) is 27.3 Å². The van der Waals surface area contributed by atoms with Gasteiger partial charge in [0.05, 0.1) is 18.8 Å². The highest BCUT2D eigenvalue weighted by molar-refractivity contribution is 7.71. The highest BCUT2D eigenvalue weighted by Crippen LogP contribution is 2.31. The van der Waals surface area contributed by atoms with Gasteiger partial charge in [-0.3, -0.25) is 0 Å². The lowest BCUT2D eigenvalue weighted by Crippen LogP contribution is -2.30. The molecule has 0 amide bonds. The van der Waals surface area contributed by atoms with Gasteiger partial charge >= 0.3 is 0 Å². The number of nitrogens with two attached hydrogens (primary N) is 1. The van der Waals surface area contributed by atoms with Crippen molar-refractivity contribution in [1.29, 1.82) is 10.5 Å². The molecule has 0 saturated carbocycles. The third-order valence-electron chi connectivity index (χ3n) is 3.99. The molecule has 1 aromatic carbocycles. The minimum atomic E-state index is 0.174. The van der Waals surface area contributed by atoms with Crippen molar-refractivity contribution in [2.75, 3.05) is 51.0 Å². The summed E-state index contributed by atoms with van der Waals surface area (Å²) in [6.45, 7) is 3.83. The summed E-state index contributed by atoms with van der Waals surface area (Å²) in [6, 6.07) is 11.6. The number of nitriles is 2. The molecule has 0 atom stereocenters. The van der Waals surface area contributed by atoms with Gasteiger partial charge in [0.25, 0.3) is 0 Å². The molecule has 1 fully saturated rings. The minimum absolute atomic E-state index is 0.174. The largest absolute Gasteiger partial charge is 0.384 e. The first-order chi connectivity index (χ1) is 13.0. The number of morpholine rings is 1. The Labute approximate surface area is 164 Å². The summed E-state index contributed by atoms with van der Waals surface area (Å²) < 4.78 is 5.24. The van der Waals surface area contributed by atoms with E-state index < -0.39 is 0 Å². The fourth-order valence-corrected chi connectivity index (χ4v) is 2.83. The van der Waals surface area contributed by atoms with Gasteiger partial charge in [0, 0.05) is 38.4 Å². The number of pyridine rings is 1. The lowest BCUT2D eigenvalue weighted by Gasteiger charge is -2.14. The van der Waals surface area contributed by atoms with Crippen molar-refractivity contribution in [2.24, 2.45) is 0 Å². The predicted octanol–water partition coefficient (Wildman–Crippen LogP) is 2.41. The molecule has 4 N–H and O–H groups in total. The van der Waals surface area contributed by atoms with Crippen LogP contribution in [0.15, 0.2) is 24.3 Å². The molecular formula is C19H22N6OS. The van der Waals surface area contributed by atoms with Gasteiger partial charge in [-0.25, -0.2) is 0 Å². The number of nitrogens with one attached hydrogen (secondary N) is 2. The number of ether oxygens (including phenoxy) is 1. The molecule has 27 heavy (non-hydrogen) atoms. The topological polar surface area (TPSA) is 114 Å². The summed E-state index contributed by atoms with van der Waals surface area (Å²) in [5.41, 5.74) is 8.53. The first-order valence-electron chi connectivity index (χ1n) is 8.41. The van der Waals surface area contributed by atoms with E-state index in [0.29, 0.717) is 5.56 Å². The van der Waals surface area contributed by atoms with E-state index in [0.717, 1.165) is 37.6 Å². The molecule has 3 rings (SSSR count). The molecule has 0 aliphatic carbocycles. The van der Waals surface area contributed by atoms with Crippen LogP contribution in [0.4, 0.5) is 11.5 Å². The highest BCUT2D eigenvalue weighted by atomic mass is 32.1. The Kier molecular flexibility index (Phi) is 7.33. The monoisotopic (exact) mass is 382 g/mol. The third kappa shape index (κ3) is 5.05. The average molecular weight is 382 g/mol. The van der Waals surface area contributed by atoms with Crippen LogP contribution in [0.5, 0.6) is 0 Å². The van der Waals surface area contributed by atoms with Crippen molar-refractivity contribution in [3.63, 3.8) is 0 Å². The Morgan fingerprint density at radius 2 is 1.67 bits per heavy atom. The first kappa shape index (κ1) is 20.4. The van der Waals surface area contributed by atoms with Crippen molar-refractivity contribution in [1.82, 2.24) is 10.3 Å². The Hall–Kier alpha value is -2.91. The molecule has 0 unspecified atom stereocenters. The third-order valence-corrected chi connectivity index (χ3v) is 4.29. The van der Waals surface area contributed by atoms with Gasteiger partial charge in [-0.1, -0.05) is 24.4 Å². The van der Waals surface area contributed by atoms with E-state index in [2.05, 4.69) is 10.3 Å². The lowest BCUT2D eigenvalue weighted by molar-refractivity contribution is 0.109. The summed E-state index contributed by atoms with van der Waals surface area (Å²) in [6.07, 6.45) is 0. The van der Waals surface area contributed by atoms with Gasteiger partial charge in [-0.2, -0.15) is 10.5 Å². The second-order valence-corrected chi connectivity index (χ2v) is 6.43. The average Bonchev–Trinajstić information content (AvgIpc) is 2.69. The Balaban J connectivity index is 0.000000369. The van der Waals surface area contributed by atoms with Crippen LogP contribution in [0.2, 0.25) is 0 Å². The molecule has 7 nitrogen and oxygen atoms in total. The van der Waals surface area contributed by atoms with Gasteiger partial charge in [0.15, 0.2) is 0 Å². The van der Waals surface area contributed by atoms with Gasteiger partial charge in [-0.15, -0.1) is 0 Å². The summed E-state index contributed by atoms with van der Waals surface area (Å²) in [4.78, 5) is 4.65. The van der Waals surface area contributed by atoms with Crippen LogP contribution < -0.4 is 16.0 Å². The predicted molar refractivity (Wildman–Crippen MR) is 109 cm³/mol. The van der Waals surface area contributed by atoms with Crippen molar-refractivity contribution in [2.45, 2.75) is 0 Å². The van der Waals surface area contributed by atoms with Crippen molar-refractivity contribution >= 4 is 23.7 Å². The standard InChI is InChI=1S/C15H13N5S.C4H9NO/c1-20(2)10-5-3-9(4-6-10)13-11(7-16)14(18)19-15(21)12(13)8-17;1-3-6-4-2-5-1/h3-6H,1-2H3,(H3,18,19,21);5H,1-4H2. The zero-order chi connectivity index (χ0) is 19.8. The molecule has 0 radical (unpaired) electrons. The maximum atomic E-state index is 9.32. The number of hydrogen-bond donors (Lipinski definition) is 3. The van der Waals surface area contributed by atoms with E-state index >= 15 is 0 Å². The maximum absolute atomic E-state index is 9.32. The van der Waals surface area contributed by atoms with Crippen molar-refractivity contribution < 1.29 is 4.74 Å². The molecular weight excluding hydrogens is 360 g/mol. The molecule has 2 heterocycles. The Bertz CT molecular complexity index is 906. The van der Waals surface area contributed by atoms with E-state index in [1.807, 2.05) is 55.4 Å². The number of aromatic amines is 1. The minimum Gasteiger partial charge on any atom is -0.384 e. The van der Waals surface area contributed by atoms with Gasteiger partial charge < -0.3 is 25.7 Å². The molecule has 1 aromatic heterocycles. The number of aromatic nitrogens is 1. The van der Waals surface area contributed by atoms with Gasteiger partial charge in [0.2, 0.25) is 0 Å². The fourth-order valence-electron chi connectivity index (χ4n) is 2.57. The van der Waals surface area contributed by atoms with Crippen LogP contribution in [0.3, 0.4) is 0 Å². The molecule has 1 saturated heterocycles. The zero-order valence-corrected chi connectivity index (χ0v) is 16.2. The summed E-state index contributed by atoms with van der Waals surface area (Å²) in [5, 5.41) is 21.8. The molecule has 1 aliphatic heterocycles. The number of rotatable bonds is 2. The highest BCUT2D eigenvalue weighted by Gasteiger charge is 2.16. The van der Waals surface area contributed by atoms with Crippen LogP contribution in [0.1, 0.15) is 11.1 Å². The fraction of sp³-hybridized carbons (Fsp3) is 0.316. The van der Waals surface area contributed by atoms with E-state index in [1.165, 1.54) is 0 Å². The normalized spacial score (nSPS) is 12.9. The second kappa shape index (κ2) is 9.70. The van der Waals surface area contributed by atoms with E-state index in [4.69, 9.17) is 22.7 Å². The summed E-state index contributed by atoms with van der Waals surface area (Å²) in [7, 11) is 3.88. The van der Waals surface area contributed by atoms with Crippen LogP contribution in [-0.2, 0) is 4.74 Å². The van der Waals surface area contributed by atoms with Gasteiger partial charge in [0.1, 0.15) is 28.2 Å². The molecule has 2 aromatic rings. The van der Waals surface area contributed by atoms with Crippen molar-refractivity contribution in [3.05, 3.63) is 40.0 Å². The Morgan fingerprint density at radius 1 is 1.07 bits per heavy atom. The number of nitrogens with zero attached hydrogens (tertiary/aromatic N) is 3. The summed E-state index contributed by atoms with van der Waals surface area (Å²) >= 11 is 5.13. The van der Waals surface area contributed by atoms with Crippen LogP contribution in [0.25, 0.3) is 11.1 Å². The number of hydrogen-bond acceptors (Lipinski definition) is 7. The number of nitrogen functional groups attached to an aromatic ring is 1. The zero-order valence-electron chi connectivity index (χ0n) is 15.4. The van der Waals surface area contributed by atoms with Crippen LogP contribution in [-0.4, -0.2) is 45.4 Å². The molecule has 0 spiro atoms. The molecule has 140 valence electrons. The second-order valence-electron chi connectivity index (χ2n) is 6.02. The van der Waals surface area contributed by atoms with E-state index in [1.54, 1.807) is 0 Å². The number of anilines is 2. The van der Waals surface area contributed by atoms with Gasteiger partial charge in [-0.05, 0) is 17.7 Å². The lowest BCUT2D eigenvalue weighted by atomic mass is 9.96. The smallest absolute Gasteiger partial charge is 0.123 e. The number of H-pyrrole nitrogens is 1. The SMILES string of the molecule is C1COCCN1.CN(C)c1ccc(-c2c(C#N)c(N)[nH]c(=S)c2C#N)cc1. The van der Waals surface area contributed by atoms with Crippen molar-refractivity contribution in [3.8, 4) is 23.3 Å². The first-order valence-corrected chi connectivity index (χ1v) is 8.82. The van der Waals surface area contributed by atoms with Crippen LogP contribution >= 0.6 is 12.2 Å². The quantitative estimate of drug-likeness (QED) is 0.683. The maximum Gasteiger partial charge on any atom is 0.123 e. The molecule has 0 bridgehead atoms. The summed E-state index contributed by atoms with van der Waals surface area (Å²) in [5.74, 6) is 0.174. The molecule has 8 heteroatoms.